The third-order valence-electron chi connectivity index (χ3n) is 3.33. The minimum absolute atomic E-state index is 0.0419. The lowest BCUT2D eigenvalue weighted by Gasteiger charge is -2.34. The number of nitrogens with zero attached hydrogens (tertiary/aromatic N) is 1. The molecule has 0 unspecified atom stereocenters. The maximum atomic E-state index is 13.7. The average Bonchev–Trinajstić information content (AvgIpc) is 2.41. The highest BCUT2D eigenvalue weighted by atomic mass is 19.1. The van der Waals surface area contributed by atoms with Crippen molar-refractivity contribution in [3.63, 3.8) is 0 Å². The molecule has 1 heterocycles. The summed E-state index contributed by atoms with van der Waals surface area (Å²) in [6.45, 7) is 3.40. The number of rotatable bonds is 4. The molecule has 1 aromatic carbocycles. The van der Waals surface area contributed by atoms with Gasteiger partial charge in [-0.1, -0.05) is 12.1 Å². The molecule has 0 spiro atoms. The minimum atomic E-state index is -0.386. The molecule has 2 N–H and O–H groups in total. The van der Waals surface area contributed by atoms with Crippen molar-refractivity contribution < 1.29 is 14.2 Å². The van der Waals surface area contributed by atoms with E-state index in [0.29, 0.717) is 5.56 Å². The highest BCUT2D eigenvalue weighted by Crippen LogP contribution is 2.31. The molecular formula is C13H19FN2O2. The Labute approximate surface area is 106 Å². The molecule has 5 heteroatoms. The first-order chi connectivity index (χ1) is 8.77. The predicted octanol–water partition coefficient (Wildman–Crippen LogP) is 0.773. The number of para-hydroxylation sites is 1. The maximum Gasteiger partial charge on any atom is 0.165 e. The molecule has 2 rings (SSSR count). The van der Waals surface area contributed by atoms with E-state index < -0.39 is 0 Å². The summed E-state index contributed by atoms with van der Waals surface area (Å²) >= 11 is 0. The second-order valence-electron chi connectivity index (χ2n) is 4.35. The van der Waals surface area contributed by atoms with Crippen LogP contribution < -0.4 is 10.1 Å². The quantitative estimate of drug-likeness (QED) is 0.833. The van der Waals surface area contributed by atoms with Gasteiger partial charge in [0, 0.05) is 31.7 Å². The van der Waals surface area contributed by atoms with Gasteiger partial charge in [0.1, 0.15) is 0 Å². The molecule has 1 atom stereocenters. The van der Waals surface area contributed by atoms with Crippen molar-refractivity contribution in [2.24, 2.45) is 0 Å². The molecule has 100 valence electrons. The fraction of sp³-hybridized carbons (Fsp3) is 0.538. The number of hydrogen-bond acceptors (Lipinski definition) is 4. The van der Waals surface area contributed by atoms with Crippen LogP contribution in [0.3, 0.4) is 0 Å². The standard InChI is InChI=1S/C13H19FN2O2/c1-18-13-10(3-2-4-11(13)14)12(9-17)16-7-5-15-6-8-16/h2-4,12,15,17H,5-9H2,1H3/t12-/m1/s1. The van der Waals surface area contributed by atoms with Crippen LogP contribution in [-0.4, -0.2) is 49.9 Å². The Balaban J connectivity index is 2.28. The normalized spacial score (nSPS) is 18.6. The maximum absolute atomic E-state index is 13.7. The minimum Gasteiger partial charge on any atom is -0.493 e. The van der Waals surface area contributed by atoms with Crippen molar-refractivity contribution in [2.45, 2.75) is 6.04 Å². The number of aliphatic hydroxyl groups excluding tert-OH is 1. The zero-order chi connectivity index (χ0) is 13.0. The first-order valence-electron chi connectivity index (χ1n) is 6.16. The Hall–Kier alpha value is -1.17. The Morgan fingerprint density at radius 1 is 1.44 bits per heavy atom. The summed E-state index contributed by atoms with van der Waals surface area (Å²) in [5.74, 6) is -0.154. The van der Waals surface area contributed by atoms with Gasteiger partial charge < -0.3 is 15.2 Å². The number of halogens is 1. The molecule has 1 aliphatic heterocycles. The summed E-state index contributed by atoms with van der Waals surface area (Å²) in [4.78, 5) is 2.15. The van der Waals surface area contributed by atoms with Crippen molar-refractivity contribution in [1.29, 1.82) is 0 Å². The molecule has 0 aliphatic carbocycles. The lowest BCUT2D eigenvalue weighted by molar-refractivity contribution is 0.108. The SMILES string of the molecule is COc1c(F)cccc1[C@@H](CO)N1CCNCC1. The van der Waals surface area contributed by atoms with Gasteiger partial charge in [-0.2, -0.15) is 0 Å². The monoisotopic (exact) mass is 254 g/mol. The Bertz CT molecular complexity index is 395. The largest absolute Gasteiger partial charge is 0.493 e. The molecule has 1 fully saturated rings. The lowest BCUT2D eigenvalue weighted by Crippen LogP contribution is -2.46. The number of aliphatic hydroxyl groups is 1. The van der Waals surface area contributed by atoms with E-state index >= 15 is 0 Å². The second kappa shape index (κ2) is 6.13. The molecule has 0 bridgehead atoms. The van der Waals surface area contributed by atoms with Crippen LogP contribution in [0.4, 0.5) is 4.39 Å². The van der Waals surface area contributed by atoms with Crippen LogP contribution in [0.2, 0.25) is 0 Å². The third kappa shape index (κ3) is 2.63. The molecule has 1 aromatic rings. The lowest BCUT2D eigenvalue weighted by atomic mass is 10.0. The summed E-state index contributed by atoms with van der Waals surface area (Å²) in [5, 5.41) is 12.9. The summed E-state index contributed by atoms with van der Waals surface area (Å²) in [5.41, 5.74) is 0.710. The molecule has 0 saturated carbocycles. The van der Waals surface area contributed by atoms with Crippen LogP contribution in [0, 0.1) is 5.82 Å². The van der Waals surface area contributed by atoms with E-state index in [1.54, 1.807) is 6.07 Å². The Morgan fingerprint density at radius 2 is 2.17 bits per heavy atom. The fourth-order valence-corrected chi connectivity index (χ4v) is 2.41. The van der Waals surface area contributed by atoms with Gasteiger partial charge in [0.15, 0.2) is 11.6 Å². The van der Waals surface area contributed by atoms with Crippen molar-refractivity contribution in [3.8, 4) is 5.75 Å². The predicted molar refractivity (Wildman–Crippen MR) is 67.2 cm³/mol. The van der Waals surface area contributed by atoms with Crippen LogP contribution in [0.1, 0.15) is 11.6 Å². The van der Waals surface area contributed by atoms with Gasteiger partial charge in [-0.25, -0.2) is 4.39 Å². The van der Waals surface area contributed by atoms with Gasteiger partial charge in [0.05, 0.1) is 19.8 Å². The third-order valence-corrected chi connectivity index (χ3v) is 3.33. The van der Waals surface area contributed by atoms with E-state index in [1.807, 2.05) is 6.07 Å². The van der Waals surface area contributed by atoms with Crippen molar-refractivity contribution in [1.82, 2.24) is 10.2 Å². The van der Waals surface area contributed by atoms with Crippen molar-refractivity contribution >= 4 is 0 Å². The zero-order valence-corrected chi connectivity index (χ0v) is 10.5. The smallest absolute Gasteiger partial charge is 0.165 e. The number of ether oxygens (including phenoxy) is 1. The van der Waals surface area contributed by atoms with Gasteiger partial charge in [-0.3, -0.25) is 4.90 Å². The van der Waals surface area contributed by atoms with Crippen LogP contribution in [-0.2, 0) is 0 Å². The second-order valence-corrected chi connectivity index (χ2v) is 4.35. The van der Waals surface area contributed by atoms with E-state index in [9.17, 15) is 9.50 Å². The van der Waals surface area contributed by atoms with Crippen LogP contribution in [0.25, 0.3) is 0 Å². The van der Waals surface area contributed by atoms with Gasteiger partial charge in [0.2, 0.25) is 0 Å². The summed E-state index contributed by atoms with van der Waals surface area (Å²) in [6, 6.07) is 4.62. The van der Waals surface area contributed by atoms with Crippen LogP contribution >= 0.6 is 0 Å². The number of hydrogen-bond donors (Lipinski definition) is 2. The molecule has 1 aliphatic rings. The number of benzene rings is 1. The van der Waals surface area contributed by atoms with Crippen LogP contribution in [0.5, 0.6) is 5.75 Å². The summed E-state index contributed by atoms with van der Waals surface area (Å²) in [7, 11) is 1.45. The molecule has 18 heavy (non-hydrogen) atoms. The van der Waals surface area contributed by atoms with E-state index in [4.69, 9.17) is 4.74 Å². The highest BCUT2D eigenvalue weighted by Gasteiger charge is 2.25. The first-order valence-corrected chi connectivity index (χ1v) is 6.16. The molecule has 1 saturated heterocycles. The number of nitrogens with one attached hydrogen (secondary N) is 1. The van der Waals surface area contributed by atoms with E-state index in [2.05, 4.69) is 10.2 Å². The van der Waals surface area contributed by atoms with E-state index in [1.165, 1.54) is 13.2 Å². The van der Waals surface area contributed by atoms with E-state index in [-0.39, 0.29) is 24.2 Å². The summed E-state index contributed by atoms with van der Waals surface area (Å²) in [6.07, 6.45) is 0. The van der Waals surface area contributed by atoms with Crippen molar-refractivity contribution in [3.05, 3.63) is 29.6 Å². The molecule has 0 amide bonds. The van der Waals surface area contributed by atoms with Gasteiger partial charge in [0.25, 0.3) is 0 Å². The number of methoxy groups -OCH3 is 1. The molecule has 0 radical (unpaired) electrons. The van der Waals surface area contributed by atoms with Crippen molar-refractivity contribution in [2.75, 3.05) is 39.9 Å². The zero-order valence-electron chi connectivity index (χ0n) is 10.5. The fourth-order valence-electron chi connectivity index (χ4n) is 2.41. The Kier molecular flexibility index (Phi) is 4.52. The van der Waals surface area contributed by atoms with Gasteiger partial charge in [-0.05, 0) is 6.07 Å². The molecular weight excluding hydrogens is 235 g/mol. The van der Waals surface area contributed by atoms with Gasteiger partial charge >= 0.3 is 0 Å². The number of piperazine rings is 1. The first kappa shape index (κ1) is 13.3. The van der Waals surface area contributed by atoms with E-state index in [0.717, 1.165) is 26.2 Å². The topological polar surface area (TPSA) is 44.7 Å². The van der Waals surface area contributed by atoms with Gasteiger partial charge in [-0.15, -0.1) is 0 Å². The highest BCUT2D eigenvalue weighted by molar-refractivity contribution is 5.37. The molecule has 4 nitrogen and oxygen atoms in total. The molecule has 0 aromatic heterocycles. The summed E-state index contributed by atoms with van der Waals surface area (Å²) < 4.78 is 18.8. The van der Waals surface area contributed by atoms with Crippen LogP contribution in [0.15, 0.2) is 18.2 Å². The Morgan fingerprint density at radius 3 is 2.78 bits per heavy atom. The average molecular weight is 254 g/mol.